The number of carbonyl (C=O) groups excluding carboxylic acids is 1. The summed E-state index contributed by atoms with van der Waals surface area (Å²) in [4.78, 5) is 11.1. The van der Waals surface area contributed by atoms with E-state index in [-0.39, 0.29) is 6.61 Å². The minimum absolute atomic E-state index is 0.00930. The van der Waals surface area contributed by atoms with Crippen molar-refractivity contribution >= 4 is 5.97 Å². The molecule has 4 heteroatoms. The van der Waals surface area contributed by atoms with E-state index in [0.717, 1.165) is 0 Å². The molecule has 3 nitrogen and oxygen atoms in total. The van der Waals surface area contributed by atoms with E-state index in [1.165, 1.54) is 13.2 Å². The van der Waals surface area contributed by atoms with Crippen molar-refractivity contribution in [2.24, 2.45) is 0 Å². The Morgan fingerprint density at radius 3 is 2.93 bits per heavy atom. The number of ether oxygens (including phenoxy) is 2. The second kappa shape index (κ2) is 5.21. The summed E-state index contributed by atoms with van der Waals surface area (Å²) in [5, 5.41) is 0. The molecule has 0 spiro atoms. The lowest BCUT2D eigenvalue weighted by atomic mass is 10.2. The van der Waals surface area contributed by atoms with Gasteiger partial charge < -0.3 is 9.47 Å². The van der Waals surface area contributed by atoms with Gasteiger partial charge in [0.25, 0.3) is 0 Å². The zero-order valence-electron chi connectivity index (χ0n) is 7.83. The van der Waals surface area contributed by atoms with Gasteiger partial charge in [0, 0.05) is 0 Å². The quantitative estimate of drug-likeness (QED) is 0.692. The molecule has 0 aliphatic carbocycles. The number of rotatable bonds is 4. The molecule has 0 atom stereocenters. The van der Waals surface area contributed by atoms with Gasteiger partial charge in [-0.2, -0.15) is 0 Å². The molecule has 1 rings (SSSR count). The summed E-state index contributed by atoms with van der Waals surface area (Å²) >= 11 is 0. The first kappa shape index (κ1) is 10.5. The predicted molar refractivity (Wildman–Crippen MR) is 49.3 cm³/mol. The number of methoxy groups -OCH3 is 1. The number of esters is 1. The van der Waals surface area contributed by atoms with Gasteiger partial charge in [0.05, 0.1) is 12.7 Å². The van der Waals surface area contributed by atoms with Crippen LogP contribution >= 0.6 is 0 Å². The fourth-order valence-corrected chi connectivity index (χ4v) is 0.987. The first-order chi connectivity index (χ1) is 6.77. The van der Waals surface area contributed by atoms with Crippen LogP contribution in [0.1, 0.15) is 10.4 Å². The van der Waals surface area contributed by atoms with Gasteiger partial charge in [-0.3, -0.25) is 0 Å². The number of hydrogen-bond donors (Lipinski definition) is 0. The summed E-state index contributed by atoms with van der Waals surface area (Å²) in [5.74, 6) is 0.0289. The first-order valence-corrected chi connectivity index (χ1v) is 4.15. The smallest absolute Gasteiger partial charge is 0.337 e. The van der Waals surface area contributed by atoms with Crippen LogP contribution in [0.4, 0.5) is 4.39 Å². The highest BCUT2D eigenvalue weighted by atomic mass is 19.1. The lowest BCUT2D eigenvalue weighted by Gasteiger charge is -2.04. The third-order valence-corrected chi connectivity index (χ3v) is 1.60. The van der Waals surface area contributed by atoms with Crippen molar-refractivity contribution in [3.05, 3.63) is 29.8 Å². The molecule has 0 aromatic heterocycles. The third kappa shape index (κ3) is 2.73. The van der Waals surface area contributed by atoms with Gasteiger partial charge in [0.15, 0.2) is 0 Å². The molecule has 0 saturated carbocycles. The maximum absolute atomic E-state index is 11.8. The molecule has 0 heterocycles. The van der Waals surface area contributed by atoms with Gasteiger partial charge in [-0.05, 0) is 18.2 Å². The van der Waals surface area contributed by atoms with Crippen molar-refractivity contribution in [3.8, 4) is 5.75 Å². The molecular formula is C10H11FO3. The molecule has 0 unspecified atom stereocenters. The summed E-state index contributed by atoms with van der Waals surface area (Å²) in [6.45, 7) is -0.562. The van der Waals surface area contributed by atoms with E-state index in [9.17, 15) is 9.18 Å². The topological polar surface area (TPSA) is 35.5 Å². The number of halogens is 1. The number of benzene rings is 1. The molecule has 0 aliphatic rings. The molecular weight excluding hydrogens is 187 g/mol. The number of carbonyl (C=O) groups is 1. The minimum atomic E-state index is -0.553. The van der Waals surface area contributed by atoms with Crippen LogP contribution in [0.5, 0.6) is 5.75 Å². The lowest BCUT2D eigenvalue weighted by Crippen LogP contribution is -2.03. The Kier molecular flexibility index (Phi) is 3.91. The van der Waals surface area contributed by atoms with E-state index in [4.69, 9.17) is 4.74 Å². The Morgan fingerprint density at radius 2 is 2.29 bits per heavy atom. The predicted octanol–water partition coefficient (Wildman–Crippen LogP) is 1.82. The summed E-state index contributed by atoms with van der Waals surface area (Å²) in [7, 11) is 1.30. The van der Waals surface area contributed by atoms with Crippen molar-refractivity contribution in [1.29, 1.82) is 0 Å². The number of hydrogen-bond acceptors (Lipinski definition) is 3. The highest BCUT2D eigenvalue weighted by Gasteiger charge is 2.05. The molecule has 0 saturated heterocycles. The maximum atomic E-state index is 11.8. The average molecular weight is 198 g/mol. The zero-order chi connectivity index (χ0) is 10.4. The molecule has 14 heavy (non-hydrogen) atoms. The molecule has 0 aliphatic heterocycles. The number of alkyl halides is 1. The van der Waals surface area contributed by atoms with E-state index in [1.807, 2.05) is 0 Å². The van der Waals surface area contributed by atoms with Crippen LogP contribution in [0.25, 0.3) is 0 Å². The van der Waals surface area contributed by atoms with Gasteiger partial charge in [-0.1, -0.05) is 6.07 Å². The van der Waals surface area contributed by atoms with Crippen molar-refractivity contribution in [2.45, 2.75) is 0 Å². The fourth-order valence-electron chi connectivity index (χ4n) is 0.987. The Labute approximate surface area is 81.4 Å². The van der Waals surface area contributed by atoms with Crippen LogP contribution in [0.3, 0.4) is 0 Å². The monoisotopic (exact) mass is 198 g/mol. The standard InChI is InChI=1S/C10H11FO3/c1-13-10(12)8-3-2-4-9(7-8)14-6-5-11/h2-4,7H,5-6H2,1H3. The van der Waals surface area contributed by atoms with Crippen LogP contribution in [0.2, 0.25) is 0 Å². The van der Waals surface area contributed by atoms with Crippen LogP contribution in [0, 0.1) is 0 Å². The van der Waals surface area contributed by atoms with Gasteiger partial charge >= 0.3 is 5.97 Å². The third-order valence-electron chi connectivity index (χ3n) is 1.60. The van der Waals surface area contributed by atoms with E-state index in [1.54, 1.807) is 18.2 Å². The van der Waals surface area contributed by atoms with Crippen LogP contribution in [0.15, 0.2) is 24.3 Å². The highest BCUT2D eigenvalue weighted by molar-refractivity contribution is 5.89. The largest absolute Gasteiger partial charge is 0.491 e. The average Bonchev–Trinajstić information content (AvgIpc) is 2.25. The van der Waals surface area contributed by atoms with Crippen molar-refractivity contribution in [3.63, 3.8) is 0 Å². The van der Waals surface area contributed by atoms with E-state index in [2.05, 4.69) is 4.74 Å². The lowest BCUT2D eigenvalue weighted by molar-refractivity contribution is 0.0600. The molecule has 0 fully saturated rings. The second-order valence-corrected chi connectivity index (χ2v) is 2.56. The molecule has 0 radical (unpaired) electrons. The molecule has 0 amide bonds. The fraction of sp³-hybridized carbons (Fsp3) is 0.300. The molecule has 76 valence electrons. The van der Waals surface area contributed by atoms with E-state index < -0.39 is 12.6 Å². The van der Waals surface area contributed by atoms with Crippen LogP contribution in [-0.4, -0.2) is 26.4 Å². The summed E-state index contributed by atoms with van der Waals surface area (Å²) < 4.78 is 21.3. The van der Waals surface area contributed by atoms with Gasteiger partial charge in [0.2, 0.25) is 0 Å². The van der Waals surface area contributed by atoms with Crippen molar-refractivity contribution in [1.82, 2.24) is 0 Å². The minimum Gasteiger partial charge on any atom is -0.491 e. The first-order valence-electron chi connectivity index (χ1n) is 4.15. The zero-order valence-corrected chi connectivity index (χ0v) is 7.83. The Hall–Kier alpha value is -1.58. The van der Waals surface area contributed by atoms with Crippen LogP contribution < -0.4 is 4.74 Å². The normalized spacial score (nSPS) is 9.57. The Morgan fingerprint density at radius 1 is 1.50 bits per heavy atom. The van der Waals surface area contributed by atoms with E-state index >= 15 is 0 Å². The summed E-state index contributed by atoms with van der Waals surface area (Å²) in [5.41, 5.74) is 0.392. The van der Waals surface area contributed by atoms with Crippen LogP contribution in [-0.2, 0) is 4.74 Å². The molecule has 0 bridgehead atoms. The SMILES string of the molecule is COC(=O)c1cccc(OCCF)c1. The van der Waals surface area contributed by atoms with Gasteiger partial charge in [-0.15, -0.1) is 0 Å². The highest BCUT2D eigenvalue weighted by Crippen LogP contribution is 2.13. The second-order valence-electron chi connectivity index (χ2n) is 2.56. The van der Waals surface area contributed by atoms with Crippen molar-refractivity contribution in [2.75, 3.05) is 20.4 Å². The maximum Gasteiger partial charge on any atom is 0.337 e. The molecule has 1 aromatic rings. The van der Waals surface area contributed by atoms with Gasteiger partial charge in [-0.25, -0.2) is 9.18 Å². The molecule has 1 aromatic carbocycles. The Balaban J connectivity index is 2.73. The molecule has 0 N–H and O–H groups in total. The van der Waals surface area contributed by atoms with E-state index in [0.29, 0.717) is 11.3 Å². The summed E-state index contributed by atoms with van der Waals surface area (Å²) in [6, 6.07) is 6.43. The van der Waals surface area contributed by atoms with Crippen molar-refractivity contribution < 1.29 is 18.7 Å². The summed E-state index contributed by atoms with van der Waals surface area (Å²) in [6.07, 6.45) is 0. The Bertz CT molecular complexity index is 312. The van der Waals surface area contributed by atoms with Gasteiger partial charge in [0.1, 0.15) is 19.0 Å².